The van der Waals surface area contributed by atoms with E-state index < -0.39 is 17.2 Å². The van der Waals surface area contributed by atoms with Gasteiger partial charge in [-0.3, -0.25) is 4.98 Å². The van der Waals surface area contributed by atoms with Gasteiger partial charge in [0.25, 0.3) is 0 Å². The Labute approximate surface area is 122 Å². The normalized spacial score (nSPS) is 19.8. The molecule has 0 spiro atoms. The molecule has 0 amide bonds. The number of nitrogens with zero attached hydrogens (tertiary/aromatic N) is 1. The van der Waals surface area contributed by atoms with Crippen LogP contribution in [-0.2, 0) is 16.3 Å². The molecule has 2 heterocycles. The van der Waals surface area contributed by atoms with Crippen molar-refractivity contribution in [3.05, 3.63) is 23.5 Å². The van der Waals surface area contributed by atoms with E-state index in [1.165, 1.54) is 6.20 Å². The van der Waals surface area contributed by atoms with E-state index in [2.05, 4.69) is 4.98 Å². The van der Waals surface area contributed by atoms with Crippen molar-refractivity contribution in [2.45, 2.75) is 51.3 Å². The molecular weight excluding hydrogens is 283 g/mol. The van der Waals surface area contributed by atoms with Crippen LogP contribution in [0.25, 0.3) is 0 Å². The fourth-order valence-electron chi connectivity index (χ4n) is 2.15. The second-order valence-electron chi connectivity index (χ2n) is 6.26. The van der Waals surface area contributed by atoms with E-state index in [-0.39, 0.29) is 18.5 Å². The van der Waals surface area contributed by atoms with E-state index in [1.807, 2.05) is 20.8 Å². The largest absolute Gasteiger partial charge is 0.489 e. The average molecular weight is 303 g/mol. The third-order valence-electron chi connectivity index (χ3n) is 3.39. The summed E-state index contributed by atoms with van der Waals surface area (Å²) in [5.74, 6) is -0.231. The van der Waals surface area contributed by atoms with Crippen LogP contribution in [0.4, 0.5) is 13.2 Å². The van der Waals surface area contributed by atoms with E-state index in [9.17, 15) is 13.2 Å². The van der Waals surface area contributed by atoms with Gasteiger partial charge in [-0.25, -0.2) is 0 Å². The third kappa shape index (κ3) is 4.09. The summed E-state index contributed by atoms with van der Waals surface area (Å²) in [5.41, 5.74) is -0.840. The molecular formula is C15H20F3NO2. The highest BCUT2D eigenvalue weighted by Crippen LogP contribution is 2.38. The summed E-state index contributed by atoms with van der Waals surface area (Å²) in [6, 6.07) is 1.07. The van der Waals surface area contributed by atoms with Crippen LogP contribution in [0.5, 0.6) is 5.75 Å². The van der Waals surface area contributed by atoms with E-state index in [4.69, 9.17) is 9.47 Å². The molecule has 1 fully saturated rings. The molecule has 0 N–H and O–H groups in total. The fourth-order valence-corrected chi connectivity index (χ4v) is 2.15. The van der Waals surface area contributed by atoms with Crippen molar-refractivity contribution in [1.82, 2.24) is 4.98 Å². The van der Waals surface area contributed by atoms with Crippen LogP contribution < -0.4 is 4.74 Å². The first kappa shape index (κ1) is 16.1. The van der Waals surface area contributed by atoms with Gasteiger partial charge in [0.05, 0.1) is 12.3 Å². The quantitative estimate of drug-likeness (QED) is 0.847. The summed E-state index contributed by atoms with van der Waals surface area (Å²) in [4.78, 5) is 4.10. The first-order valence-electron chi connectivity index (χ1n) is 7.00. The van der Waals surface area contributed by atoms with E-state index in [0.717, 1.165) is 18.9 Å². The number of halogens is 3. The molecule has 3 nitrogen and oxygen atoms in total. The van der Waals surface area contributed by atoms with Crippen LogP contribution in [0.1, 0.15) is 44.9 Å². The van der Waals surface area contributed by atoms with Crippen LogP contribution in [0, 0.1) is 0 Å². The molecule has 1 unspecified atom stereocenters. The molecule has 6 heteroatoms. The average Bonchev–Trinajstić information content (AvgIpc) is 2.87. The molecule has 1 saturated heterocycles. The maximum absolute atomic E-state index is 13.2. The molecule has 118 valence electrons. The van der Waals surface area contributed by atoms with Crippen molar-refractivity contribution in [3.8, 4) is 5.75 Å². The lowest BCUT2D eigenvalue weighted by Gasteiger charge is -2.21. The Kier molecular flexibility index (Phi) is 4.46. The Morgan fingerprint density at radius 3 is 2.57 bits per heavy atom. The standard InChI is InChI=1S/C15H20F3NO2/c1-14(2,3)13-7-11(15(16,17)18)12(8-19-13)21-9-10-5-4-6-20-10/h7-8,10H,4-6,9H2,1-3H3. The molecule has 2 rings (SSSR count). The molecule has 0 saturated carbocycles. The summed E-state index contributed by atoms with van der Waals surface area (Å²) in [5, 5.41) is 0. The van der Waals surface area contributed by atoms with E-state index in [0.29, 0.717) is 12.3 Å². The smallest absolute Gasteiger partial charge is 0.420 e. The molecule has 0 radical (unpaired) electrons. The number of hydrogen-bond acceptors (Lipinski definition) is 3. The van der Waals surface area contributed by atoms with Crippen molar-refractivity contribution in [2.24, 2.45) is 0 Å². The van der Waals surface area contributed by atoms with Gasteiger partial charge in [-0.1, -0.05) is 20.8 Å². The maximum Gasteiger partial charge on any atom is 0.420 e. The maximum atomic E-state index is 13.2. The number of hydrogen-bond donors (Lipinski definition) is 0. The van der Waals surface area contributed by atoms with Gasteiger partial charge in [0.15, 0.2) is 0 Å². The Hall–Kier alpha value is -1.30. The lowest BCUT2D eigenvalue weighted by molar-refractivity contribution is -0.139. The van der Waals surface area contributed by atoms with Crippen molar-refractivity contribution >= 4 is 0 Å². The number of alkyl halides is 3. The minimum atomic E-state index is -4.46. The Balaban J connectivity index is 2.23. The highest BCUT2D eigenvalue weighted by atomic mass is 19.4. The number of rotatable bonds is 3. The van der Waals surface area contributed by atoms with Crippen LogP contribution in [-0.4, -0.2) is 24.3 Å². The summed E-state index contributed by atoms with van der Waals surface area (Å²) < 4.78 is 50.2. The first-order valence-corrected chi connectivity index (χ1v) is 7.00. The van der Waals surface area contributed by atoms with E-state index in [1.54, 1.807) is 0 Å². The summed E-state index contributed by atoms with van der Waals surface area (Å²) in [6.07, 6.45) is -1.70. The molecule has 21 heavy (non-hydrogen) atoms. The van der Waals surface area contributed by atoms with Gasteiger partial charge in [-0.15, -0.1) is 0 Å². The van der Waals surface area contributed by atoms with Crippen LogP contribution in [0.15, 0.2) is 12.3 Å². The Morgan fingerprint density at radius 2 is 2.05 bits per heavy atom. The minimum Gasteiger partial charge on any atom is -0.489 e. The second kappa shape index (κ2) is 5.83. The molecule has 1 atom stereocenters. The van der Waals surface area contributed by atoms with Crippen molar-refractivity contribution in [3.63, 3.8) is 0 Å². The zero-order valence-corrected chi connectivity index (χ0v) is 12.5. The predicted octanol–water partition coefficient (Wildman–Crippen LogP) is 3.96. The zero-order chi connectivity index (χ0) is 15.7. The van der Waals surface area contributed by atoms with E-state index >= 15 is 0 Å². The van der Waals surface area contributed by atoms with Crippen molar-refractivity contribution in [2.75, 3.05) is 13.2 Å². The molecule has 1 aliphatic heterocycles. The highest BCUT2D eigenvalue weighted by molar-refractivity contribution is 5.36. The third-order valence-corrected chi connectivity index (χ3v) is 3.39. The van der Waals surface area contributed by atoms with Crippen LogP contribution >= 0.6 is 0 Å². The van der Waals surface area contributed by atoms with Gasteiger partial charge in [-0.05, 0) is 18.9 Å². The predicted molar refractivity (Wildman–Crippen MR) is 72.4 cm³/mol. The Bertz CT molecular complexity index is 489. The molecule has 1 aliphatic rings. The first-order chi connectivity index (χ1) is 9.68. The fraction of sp³-hybridized carbons (Fsp3) is 0.667. The molecule has 1 aromatic rings. The van der Waals surface area contributed by atoms with Gasteiger partial charge in [0, 0.05) is 17.7 Å². The topological polar surface area (TPSA) is 31.4 Å². The van der Waals surface area contributed by atoms with Gasteiger partial charge in [0.1, 0.15) is 17.9 Å². The summed E-state index contributed by atoms with van der Waals surface area (Å²) in [6.45, 7) is 6.23. The van der Waals surface area contributed by atoms with Gasteiger partial charge in [-0.2, -0.15) is 13.2 Å². The van der Waals surface area contributed by atoms with Crippen molar-refractivity contribution < 1.29 is 22.6 Å². The molecule has 0 aromatic carbocycles. The van der Waals surface area contributed by atoms with Crippen LogP contribution in [0.3, 0.4) is 0 Å². The van der Waals surface area contributed by atoms with Crippen molar-refractivity contribution in [1.29, 1.82) is 0 Å². The Morgan fingerprint density at radius 1 is 1.33 bits per heavy atom. The number of ether oxygens (including phenoxy) is 2. The second-order valence-corrected chi connectivity index (χ2v) is 6.26. The zero-order valence-electron chi connectivity index (χ0n) is 12.5. The molecule has 1 aromatic heterocycles. The van der Waals surface area contributed by atoms with Gasteiger partial charge < -0.3 is 9.47 Å². The molecule has 0 bridgehead atoms. The summed E-state index contributed by atoms with van der Waals surface area (Å²) in [7, 11) is 0. The number of pyridine rings is 1. The highest BCUT2D eigenvalue weighted by Gasteiger charge is 2.36. The molecule has 0 aliphatic carbocycles. The SMILES string of the molecule is CC(C)(C)c1cc(C(F)(F)F)c(OCC2CCCO2)cn1. The van der Waals surface area contributed by atoms with Crippen LogP contribution in [0.2, 0.25) is 0 Å². The lowest BCUT2D eigenvalue weighted by atomic mass is 9.90. The number of aromatic nitrogens is 1. The summed E-state index contributed by atoms with van der Waals surface area (Å²) >= 11 is 0. The van der Waals surface area contributed by atoms with Gasteiger partial charge >= 0.3 is 6.18 Å². The monoisotopic (exact) mass is 303 g/mol. The lowest BCUT2D eigenvalue weighted by Crippen LogP contribution is -2.20. The van der Waals surface area contributed by atoms with Gasteiger partial charge in [0.2, 0.25) is 0 Å². The minimum absolute atomic E-state index is 0.125.